The van der Waals surface area contributed by atoms with E-state index in [9.17, 15) is 0 Å². The van der Waals surface area contributed by atoms with Gasteiger partial charge in [-0.3, -0.25) is 0 Å². The topological polar surface area (TPSA) is 64.9 Å². The van der Waals surface area contributed by atoms with E-state index in [0.717, 1.165) is 16.7 Å². The lowest BCUT2D eigenvalue weighted by atomic mass is 10.1. The Bertz CT molecular complexity index is 722. The van der Waals surface area contributed by atoms with Crippen molar-refractivity contribution in [1.82, 2.24) is 10.1 Å². The van der Waals surface area contributed by atoms with Crippen LogP contribution in [0.2, 0.25) is 0 Å². The second-order valence-corrected chi connectivity index (χ2v) is 5.07. The summed E-state index contributed by atoms with van der Waals surface area (Å²) in [5, 5.41) is 4.04. The average molecular weight is 279 g/mol. The minimum Gasteiger partial charge on any atom is -0.337 e. The zero-order valence-electron chi connectivity index (χ0n) is 11.9. The highest BCUT2D eigenvalue weighted by molar-refractivity contribution is 5.58. The molecule has 1 aromatic heterocycles. The average Bonchev–Trinajstić information content (AvgIpc) is 2.98. The van der Waals surface area contributed by atoms with Gasteiger partial charge in [-0.25, -0.2) is 0 Å². The van der Waals surface area contributed by atoms with Crippen LogP contribution in [0.15, 0.2) is 59.1 Å². The highest BCUT2D eigenvalue weighted by Crippen LogP contribution is 2.22. The lowest BCUT2D eigenvalue weighted by Crippen LogP contribution is -2.13. The van der Waals surface area contributed by atoms with Gasteiger partial charge < -0.3 is 10.3 Å². The molecule has 0 saturated carbocycles. The fourth-order valence-electron chi connectivity index (χ4n) is 2.27. The number of nitrogens with two attached hydrogens (primary N) is 1. The van der Waals surface area contributed by atoms with Crippen molar-refractivity contribution in [2.45, 2.75) is 19.4 Å². The standard InChI is InChI=1S/C17H17N3O/c1-12-7-5-6-10-14(12)16-19-17(21-20-16)15(18)11-13-8-3-2-4-9-13/h2-10,15H,11,18H2,1H3/t15-/m1/s1. The van der Waals surface area contributed by atoms with E-state index < -0.39 is 0 Å². The summed E-state index contributed by atoms with van der Waals surface area (Å²) in [6.07, 6.45) is 0.677. The maximum Gasteiger partial charge on any atom is 0.244 e. The predicted molar refractivity (Wildman–Crippen MR) is 81.5 cm³/mol. The van der Waals surface area contributed by atoms with Gasteiger partial charge in [-0.15, -0.1) is 0 Å². The Kier molecular flexibility index (Phi) is 3.79. The number of nitrogens with zero attached hydrogens (tertiary/aromatic N) is 2. The predicted octanol–water partition coefficient (Wildman–Crippen LogP) is 3.29. The van der Waals surface area contributed by atoms with E-state index >= 15 is 0 Å². The molecule has 1 atom stereocenters. The SMILES string of the molecule is Cc1ccccc1-c1noc([C@H](N)Cc2ccccc2)n1. The summed E-state index contributed by atoms with van der Waals surface area (Å²) in [4.78, 5) is 4.43. The lowest BCUT2D eigenvalue weighted by Gasteiger charge is -2.06. The number of rotatable bonds is 4. The van der Waals surface area contributed by atoms with Crippen molar-refractivity contribution in [1.29, 1.82) is 0 Å². The van der Waals surface area contributed by atoms with Crippen molar-refractivity contribution in [3.05, 3.63) is 71.6 Å². The molecule has 0 amide bonds. The quantitative estimate of drug-likeness (QED) is 0.796. The number of benzene rings is 2. The molecule has 3 rings (SSSR count). The van der Waals surface area contributed by atoms with E-state index in [2.05, 4.69) is 10.1 Å². The molecule has 0 spiro atoms. The Labute approximate surface area is 123 Å². The molecule has 2 N–H and O–H groups in total. The van der Waals surface area contributed by atoms with E-state index in [-0.39, 0.29) is 6.04 Å². The van der Waals surface area contributed by atoms with Gasteiger partial charge in [0, 0.05) is 5.56 Å². The fourth-order valence-corrected chi connectivity index (χ4v) is 2.27. The van der Waals surface area contributed by atoms with Crippen LogP contribution in [0.25, 0.3) is 11.4 Å². The molecule has 0 bridgehead atoms. The van der Waals surface area contributed by atoms with E-state index in [0.29, 0.717) is 18.1 Å². The zero-order valence-corrected chi connectivity index (χ0v) is 11.9. The number of aryl methyl sites for hydroxylation is 1. The molecule has 106 valence electrons. The first-order valence-corrected chi connectivity index (χ1v) is 6.93. The summed E-state index contributed by atoms with van der Waals surface area (Å²) in [5.74, 6) is 1.06. The van der Waals surface area contributed by atoms with E-state index in [1.165, 1.54) is 0 Å². The number of hydrogen-bond acceptors (Lipinski definition) is 4. The molecular weight excluding hydrogens is 262 g/mol. The molecule has 0 aliphatic rings. The molecule has 4 heteroatoms. The largest absolute Gasteiger partial charge is 0.337 e. The Morgan fingerprint density at radius 1 is 1.05 bits per heavy atom. The van der Waals surface area contributed by atoms with Crippen LogP contribution in [0.3, 0.4) is 0 Å². The lowest BCUT2D eigenvalue weighted by molar-refractivity contribution is 0.354. The van der Waals surface area contributed by atoms with Crippen molar-refractivity contribution in [2.24, 2.45) is 5.73 Å². The van der Waals surface area contributed by atoms with Gasteiger partial charge in [-0.1, -0.05) is 59.8 Å². The van der Waals surface area contributed by atoms with Crippen molar-refractivity contribution >= 4 is 0 Å². The normalized spacial score (nSPS) is 12.3. The maximum atomic E-state index is 6.16. The Hall–Kier alpha value is -2.46. The smallest absolute Gasteiger partial charge is 0.244 e. The van der Waals surface area contributed by atoms with Crippen LogP contribution >= 0.6 is 0 Å². The van der Waals surface area contributed by atoms with E-state index in [1.807, 2.05) is 61.5 Å². The third-order valence-electron chi connectivity index (χ3n) is 3.44. The van der Waals surface area contributed by atoms with Gasteiger partial charge in [-0.2, -0.15) is 4.98 Å². The summed E-state index contributed by atoms with van der Waals surface area (Å²) in [6.45, 7) is 2.02. The molecule has 21 heavy (non-hydrogen) atoms. The second kappa shape index (κ2) is 5.89. The summed E-state index contributed by atoms with van der Waals surface area (Å²) >= 11 is 0. The van der Waals surface area contributed by atoms with E-state index in [1.54, 1.807) is 0 Å². The minimum atomic E-state index is -0.294. The second-order valence-electron chi connectivity index (χ2n) is 5.07. The molecule has 0 aliphatic carbocycles. The van der Waals surface area contributed by atoms with Crippen molar-refractivity contribution < 1.29 is 4.52 Å². The zero-order chi connectivity index (χ0) is 14.7. The number of aromatic nitrogens is 2. The van der Waals surface area contributed by atoms with E-state index in [4.69, 9.17) is 10.3 Å². The first kappa shape index (κ1) is 13.5. The van der Waals surface area contributed by atoms with Crippen LogP contribution in [0.4, 0.5) is 0 Å². The summed E-state index contributed by atoms with van der Waals surface area (Å²) in [6, 6.07) is 17.7. The highest BCUT2D eigenvalue weighted by atomic mass is 16.5. The maximum absolute atomic E-state index is 6.16. The molecular formula is C17H17N3O. The van der Waals surface area contributed by atoms with Crippen LogP contribution in [0.1, 0.15) is 23.1 Å². The molecule has 0 saturated heterocycles. The third kappa shape index (κ3) is 3.01. The van der Waals surface area contributed by atoms with Gasteiger partial charge in [0.25, 0.3) is 0 Å². The molecule has 0 radical (unpaired) electrons. The molecule has 3 aromatic rings. The minimum absolute atomic E-state index is 0.294. The van der Waals surface area contributed by atoms with Crippen LogP contribution < -0.4 is 5.73 Å². The Morgan fingerprint density at radius 2 is 1.76 bits per heavy atom. The van der Waals surface area contributed by atoms with Crippen molar-refractivity contribution in [3.63, 3.8) is 0 Å². The molecule has 0 fully saturated rings. The fraction of sp³-hybridized carbons (Fsp3) is 0.176. The van der Waals surface area contributed by atoms with Gasteiger partial charge >= 0.3 is 0 Å². The van der Waals surface area contributed by atoms with Gasteiger partial charge in [0.1, 0.15) is 0 Å². The van der Waals surface area contributed by atoms with Crippen LogP contribution in [-0.4, -0.2) is 10.1 Å². The third-order valence-corrected chi connectivity index (χ3v) is 3.44. The van der Waals surface area contributed by atoms with Gasteiger partial charge in [0.05, 0.1) is 6.04 Å². The van der Waals surface area contributed by atoms with Crippen molar-refractivity contribution in [2.75, 3.05) is 0 Å². The highest BCUT2D eigenvalue weighted by Gasteiger charge is 2.16. The Morgan fingerprint density at radius 3 is 2.52 bits per heavy atom. The molecule has 0 unspecified atom stereocenters. The summed E-state index contributed by atoms with van der Waals surface area (Å²) in [7, 11) is 0. The van der Waals surface area contributed by atoms with Crippen LogP contribution in [0.5, 0.6) is 0 Å². The van der Waals surface area contributed by atoms with Crippen LogP contribution in [-0.2, 0) is 6.42 Å². The molecule has 2 aromatic carbocycles. The Balaban J connectivity index is 1.80. The van der Waals surface area contributed by atoms with Crippen molar-refractivity contribution in [3.8, 4) is 11.4 Å². The molecule has 0 aliphatic heterocycles. The van der Waals surface area contributed by atoms with Crippen LogP contribution in [0, 0.1) is 6.92 Å². The monoisotopic (exact) mass is 279 g/mol. The summed E-state index contributed by atoms with van der Waals surface area (Å²) < 4.78 is 5.32. The van der Waals surface area contributed by atoms with Gasteiger partial charge in [0.2, 0.25) is 11.7 Å². The first-order valence-electron chi connectivity index (χ1n) is 6.93. The van der Waals surface area contributed by atoms with Gasteiger partial charge in [-0.05, 0) is 24.5 Å². The first-order chi connectivity index (χ1) is 10.2. The number of hydrogen-bond donors (Lipinski definition) is 1. The molecule has 1 heterocycles. The summed E-state index contributed by atoms with van der Waals surface area (Å²) in [5.41, 5.74) is 9.40. The van der Waals surface area contributed by atoms with Gasteiger partial charge in [0.15, 0.2) is 0 Å². The molecule has 4 nitrogen and oxygen atoms in total.